The van der Waals surface area contributed by atoms with Gasteiger partial charge in [-0.2, -0.15) is 0 Å². The fraction of sp³-hybridized carbons (Fsp3) is 0.0833. The zero-order chi connectivity index (χ0) is 12.5. The van der Waals surface area contributed by atoms with E-state index in [1.54, 1.807) is 22.7 Å². The van der Waals surface area contributed by atoms with E-state index in [0.717, 1.165) is 32.1 Å². The number of benzene rings is 1. The molecule has 2 heterocycles. The highest BCUT2D eigenvalue weighted by Gasteiger charge is 2.05. The van der Waals surface area contributed by atoms with Gasteiger partial charge in [0.25, 0.3) is 0 Å². The second-order valence-electron chi connectivity index (χ2n) is 3.79. The number of halogens is 1. The number of nitrogens with two attached hydrogens (primary N) is 1. The van der Waals surface area contributed by atoms with E-state index in [9.17, 15) is 0 Å². The van der Waals surface area contributed by atoms with Crippen molar-refractivity contribution < 1.29 is 0 Å². The number of nitrogens with one attached hydrogen (secondary N) is 1. The molecule has 3 N–H and O–H groups in total. The van der Waals surface area contributed by atoms with E-state index in [-0.39, 0.29) is 0 Å². The third kappa shape index (κ3) is 2.36. The van der Waals surface area contributed by atoms with Gasteiger partial charge in [0.2, 0.25) is 0 Å². The first-order valence-corrected chi connectivity index (χ1v) is 7.83. The average molecular weight is 340 g/mol. The summed E-state index contributed by atoms with van der Waals surface area (Å²) >= 11 is 6.87. The fourth-order valence-corrected chi connectivity index (χ4v) is 3.97. The number of thiazole rings is 1. The quantitative estimate of drug-likeness (QED) is 0.699. The predicted molar refractivity (Wildman–Crippen MR) is 83.4 cm³/mol. The molecule has 0 fully saturated rings. The number of thiophene rings is 1. The SMILES string of the molecule is Nc1ccc2nc(NCc3sccc3Br)sc2c1. The first-order valence-electron chi connectivity index (χ1n) is 5.34. The van der Waals surface area contributed by atoms with Gasteiger partial charge in [0, 0.05) is 15.0 Å². The van der Waals surface area contributed by atoms with E-state index in [4.69, 9.17) is 5.73 Å². The van der Waals surface area contributed by atoms with E-state index in [2.05, 4.69) is 37.7 Å². The first-order chi connectivity index (χ1) is 8.72. The van der Waals surface area contributed by atoms with Crippen molar-refractivity contribution in [3.05, 3.63) is 39.0 Å². The Morgan fingerprint density at radius 1 is 1.33 bits per heavy atom. The zero-order valence-corrected chi connectivity index (χ0v) is 12.5. The van der Waals surface area contributed by atoms with Crippen LogP contribution >= 0.6 is 38.6 Å². The monoisotopic (exact) mass is 339 g/mol. The lowest BCUT2D eigenvalue weighted by molar-refractivity contribution is 1.17. The maximum atomic E-state index is 5.76. The lowest BCUT2D eigenvalue weighted by Gasteiger charge is -1.99. The molecule has 0 spiro atoms. The van der Waals surface area contributed by atoms with Crippen LogP contribution < -0.4 is 11.1 Å². The Balaban J connectivity index is 1.81. The van der Waals surface area contributed by atoms with Crippen LogP contribution in [0.2, 0.25) is 0 Å². The predicted octanol–water partition coefficient (Wildman–Crippen LogP) is 4.31. The van der Waals surface area contributed by atoms with E-state index < -0.39 is 0 Å². The van der Waals surface area contributed by atoms with Gasteiger partial charge in [-0.15, -0.1) is 11.3 Å². The molecule has 0 saturated carbocycles. The van der Waals surface area contributed by atoms with Gasteiger partial charge in [-0.25, -0.2) is 4.98 Å². The van der Waals surface area contributed by atoms with Crippen molar-refractivity contribution in [2.45, 2.75) is 6.54 Å². The van der Waals surface area contributed by atoms with Crippen LogP contribution in [-0.2, 0) is 6.54 Å². The summed E-state index contributed by atoms with van der Waals surface area (Å²) in [5.41, 5.74) is 7.52. The molecule has 2 aromatic heterocycles. The van der Waals surface area contributed by atoms with E-state index in [1.165, 1.54) is 4.88 Å². The number of nitrogen functional groups attached to an aromatic ring is 1. The zero-order valence-electron chi connectivity index (χ0n) is 9.31. The number of hydrogen-bond acceptors (Lipinski definition) is 5. The molecule has 0 atom stereocenters. The molecular formula is C12H10BrN3S2. The van der Waals surface area contributed by atoms with Crippen LogP contribution in [0.3, 0.4) is 0 Å². The molecule has 3 aromatic rings. The normalized spacial score (nSPS) is 10.9. The molecule has 0 aliphatic heterocycles. The van der Waals surface area contributed by atoms with Crippen LogP contribution in [0.25, 0.3) is 10.2 Å². The third-order valence-corrected chi connectivity index (χ3v) is 5.41. The molecule has 0 aliphatic rings. The minimum atomic E-state index is 0.777. The summed E-state index contributed by atoms with van der Waals surface area (Å²) in [4.78, 5) is 5.80. The van der Waals surface area contributed by atoms with Crippen LogP contribution in [0, 0.1) is 0 Å². The molecule has 0 aliphatic carbocycles. The second kappa shape index (κ2) is 4.87. The van der Waals surface area contributed by atoms with Gasteiger partial charge < -0.3 is 11.1 Å². The summed E-state index contributed by atoms with van der Waals surface area (Å²) in [6.45, 7) is 0.785. The van der Waals surface area contributed by atoms with Crippen molar-refractivity contribution in [2.24, 2.45) is 0 Å². The maximum Gasteiger partial charge on any atom is 0.184 e. The second-order valence-corrected chi connectivity index (χ2v) is 6.68. The molecular weight excluding hydrogens is 330 g/mol. The first kappa shape index (κ1) is 12.0. The summed E-state index contributed by atoms with van der Waals surface area (Å²) in [6.07, 6.45) is 0. The summed E-state index contributed by atoms with van der Waals surface area (Å²) in [6, 6.07) is 7.84. The molecule has 3 nitrogen and oxygen atoms in total. The summed E-state index contributed by atoms with van der Waals surface area (Å²) < 4.78 is 2.26. The van der Waals surface area contributed by atoms with Crippen LogP contribution in [0.5, 0.6) is 0 Å². The van der Waals surface area contributed by atoms with Crippen molar-refractivity contribution in [1.82, 2.24) is 4.98 Å². The highest BCUT2D eigenvalue weighted by molar-refractivity contribution is 9.10. The minimum absolute atomic E-state index is 0.777. The van der Waals surface area contributed by atoms with Crippen molar-refractivity contribution in [3.8, 4) is 0 Å². The van der Waals surface area contributed by atoms with Crippen molar-refractivity contribution in [1.29, 1.82) is 0 Å². The Morgan fingerprint density at radius 3 is 3.00 bits per heavy atom. The van der Waals surface area contributed by atoms with Gasteiger partial charge in [0.1, 0.15) is 0 Å². The lowest BCUT2D eigenvalue weighted by atomic mass is 10.3. The topological polar surface area (TPSA) is 50.9 Å². The smallest absolute Gasteiger partial charge is 0.184 e. The van der Waals surface area contributed by atoms with Crippen molar-refractivity contribution in [2.75, 3.05) is 11.1 Å². The molecule has 18 heavy (non-hydrogen) atoms. The van der Waals surface area contributed by atoms with Gasteiger partial charge in [0.15, 0.2) is 5.13 Å². The molecule has 0 radical (unpaired) electrons. The van der Waals surface area contributed by atoms with Crippen molar-refractivity contribution >= 4 is 59.6 Å². The van der Waals surface area contributed by atoms with Gasteiger partial charge in [-0.1, -0.05) is 11.3 Å². The number of fused-ring (bicyclic) bond motifs is 1. The van der Waals surface area contributed by atoms with Crippen molar-refractivity contribution in [3.63, 3.8) is 0 Å². The molecule has 3 rings (SSSR count). The Bertz CT molecular complexity index is 690. The van der Waals surface area contributed by atoms with E-state index in [1.807, 2.05) is 18.2 Å². The van der Waals surface area contributed by atoms with Crippen LogP contribution in [-0.4, -0.2) is 4.98 Å². The van der Waals surface area contributed by atoms with Crippen LogP contribution in [0.4, 0.5) is 10.8 Å². The van der Waals surface area contributed by atoms with Gasteiger partial charge >= 0.3 is 0 Å². The number of nitrogens with zero attached hydrogens (tertiary/aromatic N) is 1. The number of hydrogen-bond donors (Lipinski definition) is 2. The number of anilines is 2. The van der Waals surface area contributed by atoms with Crippen LogP contribution in [0.1, 0.15) is 4.88 Å². The standard InChI is InChI=1S/C12H10BrN3S2/c13-8-3-4-17-11(8)6-15-12-16-9-2-1-7(14)5-10(9)18-12/h1-5H,6,14H2,(H,15,16). The number of aromatic nitrogens is 1. The lowest BCUT2D eigenvalue weighted by Crippen LogP contribution is -1.96. The average Bonchev–Trinajstić information content (AvgIpc) is 2.92. The maximum absolute atomic E-state index is 5.76. The minimum Gasteiger partial charge on any atom is -0.399 e. The molecule has 0 bridgehead atoms. The molecule has 1 aromatic carbocycles. The number of rotatable bonds is 3. The highest BCUT2D eigenvalue weighted by atomic mass is 79.9. The Morgan fingerprint density at radius 2 is 2.22 bits per heavy atom. The highest BCUT2D eigenvalue weighted by Crippen LogP contribution is 2.29. The third-order valence-electron chi connectivity index (χ3n) is 2.50. The van der Waals surface area contributed by atoms with Gasteiger partial charge in [-0.3, -0.25) is 0 Å². The largest absolute Gasteiger partial charge is 0.399 e. The Hall–Kier alpha value is -1.11. The molecule has 0 unspecified atom stereocenters. The Kier molecular flexibility index (Phi) is 3.23. The Labute approximate surface area is 121 Å². The summed E-state index contributed by atoms with van der Waals surface area (Å²) in [5.74, 6) is 0. The van der Waals surface area contributed by atoms with Gasteiger partial charge in [-0.05, 0) is 45.6 Å². The summed E-state index contributed by atoms with van der Waals surface area (Å²) in [7, 11) is 0. The molecule has 92 valence electrons. The summed E-state index contributed by atoms with van der Waals surface area (Å²) in [5, 5.41) is 6.34. The van der Waals surface area contributed by atoms with E-state index >= 15 is 0 Å². The molecule has 0 amide bonds. The molecule has 0 saturated heterocycles. The van der Waals surface area contributed by atoms with E-state index in [0.29, 0.717) is 0 Å². The fourth-order valence-electron chi connectivity index (χ4n) is 1.62. The van der Waals surface area contributed by atoms with Crippen LogP contribution in [0.15, 0.2) is 34.1 Å². The molecule has 6 heteroatoms. The van der Waals surface area contributed by atoms with Gasteiger partial charge in [0.05, 0.1) is 16.8 Å².